The lowest BCUT2D eigenvalue weighted by atomic mass is 9.87. The summed E-state index contributed by atoms with van der Waals surface area (Å²) in [5.74, 6) is 0.726. The van der Waals surface area contributed by atoms with E-state index in [2.05, 4.69) is 42.6 Å². The molecule has 0 radical (unpaired) electrons. The minimum Gasteiger partial charge on any atom is -0.486 e. The average molecular weight is 525 g/mol. The molecule has 7 heteroatoms. The van der Waals surface area contributed by atoms with Gasteiger partial charge in [0.2, 0.25) is 5.91 Å². The van der Waals surface area contributed by atoms with E-state index in [0.717, 1.165) is 30.4 Å². The molecule has 0 spiro atoms. The fraction of sp³-hybridized carbons (Fsp3) is 0.250. The highest BCUT2D eigenvalue weighted by Crippen LogP contribution is 2.41. The third-order valence-electron chi connectivity index (χ3n) is 7.30. The van der Waals surface area contributed by atoms with Crippen LogP contribution < -0.4 is 10.1 Å². The van der Waals surface area contributed by atoms with Crippen molar-refractivity contribution in [3.8, 4) is 5.75 Å². The van der Waals surface area contributed by atoms with Crippen molar-refractivity contribution in [1.29, 1.82) is 0 Å². The molecule has 1 aromatic heterocycles. The van der Waals surface area contributed by atoms with Crippen LogP contribution in [0.25, 0.3) is 0 Å². The number of halogens is 1. The van der Waals surface area contributed by atoms with Gasteiger partial charge in [0.05, 0.1) is 6.04 Å². The molecule has 1 fully saturated rings. The van der Waals surface area contributed by atoms with Gasteiger partial charge in [0, 0.05) is 18.2 Å². The van der Waals surface area contributed by atoms with Gasteiger partial charge in [-0.2, -0.15) is 0 Å². The van der Waals surface area contributed by atoms with Crippen LogP contribution in [0.1, 0.15) is 57.5 Å². The Morgan fingerprint density at radius 2 is 1.85 bits per heavy atom. The van der Waals surface area contributed by atoms with E-state index in [9.17, 15) is 14.0 Å². The molecule has 3 aromatic carbocycles. The molecule has 1 saturated carbocycles. The topological polar surface area (TPSA) is 71.8 Å². The van der Waals surface area contributed by atoms with Gasteiger partial charge in [-0.05, 0) is 85.3 Å². The number of furan rings is 1. The largest absolute Gasteiger partial charge is 0.486 e. The molecule has 1 atom stereocenters. The van der Waals surface area contributed by atoms with E-state index in [1.54, 1.807) is 18.2 Å². The predicted octanol–water partition coefficient (Wildman–Crippen LogP) is 6.44. The minimum absolute atomic E-state index is 0.108. The Hall–Kier alpha value is -4.39. The molecular formula is C32H29FN2O4. The van der Waals surface area contributed by atoms with Crippen LogP contribution in [0.5, 0.6) is 5.75 Å². The summed E-state index contributed by atoms with van der Waals surface area (Å²) in [5.41, 5.74) is 4.90. The van der Waals surface area contributed by atoms with Crippen LogP contribution in [-0.2, 0) is 17.8 Å². The summed E-state index contributed by atoms with van der Waals surface area (Å²) in [7, 11) is 0. The Balaban J connectivity index is 1.19. The van der Waals surface area contributed by atoms with Gasteiger partial charge in [0.25, 0.3) is 5.91 Å². The molecule has 1 aliphatic heterocycles. The molecule has 2 heterocycles. The van der Waals surface area contributed by atoms with Gasteiger partial charge in [-0.1, -0.05) is 42.0 Å². The maximum absolute atomic E-state index is 13.4. The number of benzene rings is 3. The highest BCUT2D eigenvalue weighted by Gasteiger charge is 2.39. The Kier molecular flexibility index (Phi) is 6.65. The van der Waals surface area contributed by atoms with E-state index < -0.39 is 11.7 Å². The summed E-state index contributed by atoms with van der Waals surface area (Å²) < 4.78 is 25.2. The zero-order valence-corrected chi connectivity index (χ0v) is 21.7. The number of aryl methyl sites for hydroxylation is 1. The van der Waals surface area contributed by atoms with Gasteiger partial charge >= 0.3 is 0 Å². The zero-order chi connectivity index (χ0) is 26.9. The van der Waals surface area contributed by atoms with Gasteiger partial charge in [0.15, 0.2) is 5.76 Å². The molecule has 6 rings (SSSR count). The van der Waals surface area contributed by atoms with Crippen LogP contribution in [0.2, 0.25) is 0 Å². The van der Waals surface area contributed by atoms with E-state index in [4.69, 9.17) is 9.15 Å². The third kappa shape index (κ3) is 5.43. The molecule has 0 bridgehead atoms. The molecule has 1 unspecified atom stereocenters. The van der Waals surface area contributed by atoms with Crippen molar-refractivity contribution in [3.05, 3.63) is 118 Å². The fourth-order valence-electron chi connectivity index (χ4n) is 5.08. The molecule has 4 aromatic rings. The summed E-state index contributed by atoms with van der Waals surface area (Å²) >= 11 is 0. The SMILES string of the molecule is Cc1ccc(C2c3cc(OCc4ccc(C(=O)Nc5cccc(F)c5)o4)ccc3CCN2C(=O)C2CC2)cc1. The maximum atomic E-state index is 13.4. The second-order valence-corrected chi connectivity index (χ2v) is 10.2. The Labute approximate surface area is 226 Å². The molecule has 2 aliphatic rings. The second kappa shape index (κ2) is 10.4. The van der Waals surface area contributed by atoms with Crippen molar-refractivity contribution >= 4 is 17.5 Å². The number of hydrogen-bond acceptors (Lipinski definition) is 4. The van der Waals surface area contributed by atoms with Crippen LogP contribution in [0.15, 0.2) is 83.3 Å². The first-order valence-electron chi connectivity index (χ1n) is 13.2. The van der Waals surface area contributed by atoms with Crippen LogP contribution in [0.4, 0.5) is 10.1 Å². The van der Waals surface area contributed by atoms with E-state index in [0.29, 0.717) is 23.7 Å². The first-order valence-corrected chi connectivity index (χ1v) is 13.2. The normalized spacial score (nSPS) is 16.5. The van der Waals surface area contributed by atoms with E-state index in [-0.39, 0.29) is 30.2 Å². The monoisotopic (exact) mass is 524 g/mol. The highest BCUT2D eigenvalue weighted by atomic mass is 19.1. The zero-order valence-electron chi connectivity index (χ0n) is 21.7. The summed E-state index contributed by atoms with van der Waals surface area (Å²) in [6.07, 6.45) is 2.74. The number of nitrogens with zero attached hydrogens (tertiary/aromatic N) is 1. The number of nitrogens with one attached hydrogen (secondary N) is 1. The second-order valence-electron chi connectivity index (χ2n) is 10.2. The van der Waals surface area contributed by atoms with Crippen LogP contribution in [-0.4, -0.2) is 23.3 Å². The number of fused-ring (bicyclic) bond motifs is 1. The molecule has 39 heavy (non-hydrogen) atoms. The molecule has 6 nitrogen and oxygen atoms in total. The minimum atomic E-state index is -0.470. The average Bonchev–Trinajstić information content (AvgIpc) is 3.68. The quantitative estimate of drug-likeness (QED) is 0.302. The summed E-state index contributed by atoms with van der Waals surface area (Å²) in [6.45, 7) is 2.89. The first-order chi connectivity index (χ1) is 18.9. The number of carbonyl (C=O) groups excluding carboxylic acids is 2. The lowest BCUT2D eigenvalue weighted by Gasteiger charge is -2.38. The highest BCUT2D eigenvalue weighted by molar-refractivity contribution is 6.02. The molecule has 2 amide bonds. The standard InChI is InChI=1S/C32H29FN2O4/c1-20-5-7-22(8-6-20)30-28-18-26(12-11-21(28)15-16-35(30)32(37)23-9-10-23)38-19-27-13-14-29(39-27)31(36)34-25-4-2-3-24(33)17-25/h2-8,11-14,17-18,23,30H,9-10,15-16,19H2,1H3,(H,34,36). The van der Waals surface area contributed by atoms with Gasteiger partial charge in [0.1, 0.15) is 23.9 Å². The van der Waals surface area contributed by atoms with Crippen LogP contribution >= 0.6 is 0 Å². The smallest absolute Gasteiger partial charge is 0.291 e. The van der Waals surface area contributed by atoms with E-state index in [1.807, 2.05) is 17.0 Å². The van der Waals surface area contributed by atoms with Crippen LogP contribution in [0, 0.1) is 18.7 Å². The van der Waals surface area contributed by atoms with Crippen molar-refractivity contribution < 1.29 is 23.1 Å². The molecule has 1 N–H and O–H groups in total. The first kappa shape index (κ1) is 24.9. The third-order valence-corrected chi connectivity index (χ3v) is 7.30. The Bertz CT molecular complexity index is 1520. The van der Waals surface area contributed by atoms with Gasteiger partial charge in [-0.25, -0.2) is 4.39 Å². The van der Waals surface area contributed by atoms with E-state index in [1.165, 1.54) is 29.3 Å². The maximum Gasteiger partial charge on any atom is 0.291 e. The van der Waals surface area contributed by atoms with Crippen molar-refractivity contribution in [3.63, 3.8) is 0 Å². The van der Waals surface area contributed by atoms with Crippen LogP contribution in [0.3, 0.4) is 0 Å². The molecule has 0 saturated heterocycles. The van der Waals surface area contributed by atoms with Crippen molar-refractivity contribution in [2.45, 2.75) is 38.8 Å². The number of rotatable bonds is 7. The van der Waals surface area contributed by atoms with Crippen molar-refractivity contribution in [2.75, 3.05) is 11.9 Å². The number of hydrogen-bond donors (Lipinski definition) is 1. The molecular weight excluding hydrogens is 495 g/mol. The Morgan fingerprint density at radius 3 is 2.62 bits per heavy atom. The molecule has 1 aliphatic carbocycles. The molecule has 198 valence electrons. The number of carbonyl (C=O) groups is 2. The predicted molar refractivity (Wildman–Crippen MR) is 145 cm³/mol. The lowest BCUT2D eigenvalue weighted by Crippen LogP contribution is -2.41. The van der Waals surface area contributed by atoms with Crippen molar-refractivity contribution in [2.24, 2.45) is 5.92 Å². The Morgan fingerprint density at radius 1 is 1.03 bits per heavy atom. The van der Waals surface area contributed by atoms with Gasteiger partial charge < -0.3 is 19.4 Å². The summed E-state index contributed by atoms with van der Waals surface area (Å²) in [4.78, 5) is 27.8. The van der Waals surface area contributed by atoms with Crippen molar-refractivity contribution in [1.82, 2.24) is 4.90 Å². The number of anilines is 1. The number of ether oxygens (including phenoxy) is 1. The van der Waals surface area contributed by atoms with Gasteiger partial charge in [-0.15, -0.1) is 0 Å². The van der Waals surface area contributed by atoms with E-state index >= 15 is 0 Å². The summed E-state index contributed by atoms with van der Waals surface area (Å²) in [5, 5.41) is 2.62. The fourth-order valence-corrected chi connectivity index (χ4v) is 5.08. The van der Waals surface area contributed by atoms with Gasteiger partial charge in [-0.3, -0.25) is 9.59 Å². The lowest BCUT2D eigenvalue weighted by molar-refractivity contribution is -0.134. The number of amides is 2. The summed E-state index contributed by atoms with van der Waals surface area (Å²) in [6, 6.07) is 23.2.